The summed E-state index contributed by atoms with van der Waals surface area (Å²) >= 11 is 0. The molecule has 1 aliphatic rings. The molecule has 0 bridgehead atoms. The van der Waals surface area contributed by atoms with Gasteiger partial charge in [-0.05, 0) is 37.2 Å². The highest BCUT2D eigenvalue weighted by atomic mass is 16.4. The highest BCUT2D eigenvalue weighted by molar-refractivity contribution is 5.24. The van der Waals surface area contributed by atoms with Crippen molar-refractivity contribution in [2.24, 2.45) is 5.92 Å². The summed E-state index contributed by atoms with van der Waals surface area (Å²) in [6.07, 6.45) is 3.47. The predicted octanol–water partition coefficient (Wildman–Crippen LogP) is 2.59. The number of nitrogens with zero attached hydrogens (tertiary/aromatic N) is 3. The van der Waals surface area contributed by atoms with Gasteiger partial charge in [0.1, 0.15) is 0 Å². The predicted molar refractivity (Wildman–Crippen MR) is 84.7 cm³/mol. The summed E-state index contributed by atoms with van der Waals surface area (Å²) in [5, 5.41) is 18.4. The first kappa shape index (κ1) is 15.0. The minimum absolute atomic E-state index is 0.230. The molecule has 2 heterocycles. The quantitative estimate of drug-likeness (QED) is 0.919. The van der Waals surface area contributed by atoms with Crippen molar-refractivity contribution in [1.82, 2.24) is 10.2 Å². The number of anilines is 1. The lowest BCUT2D eigenvalue weighted by molar-refractivity contribution is 0.0844. The molecule has 1 N–H and O–H groups in total. The van der Waals surface area contributed by atoms with Crippen molar-refractivity contribution in [2.45, 2.75) is 38.7 Å². The average Bonchev–Trinajstić information content (AvgIpc) is 3.00. The van der Waals surface area contributed by atoms with Gasteiger partial charge in [0.25, 0.3) is 0 Å². The molecule has 3 rings (SSSR count). The van der Waals surface area contributed by atoms with Gasteiger partial charge in [0.05, 0.1) is 6.10 Å². The molecule has 1 aromatic heterocycles. The van der Waals surface area contributed by atoms with Crippen LogP contribution in [0.4, 0.5) is 6.01 Å². The van der Waals surface area contributed by atoms with E-state index in [1.165, 1.54) is 5.56 Å². The first-order valence-corrected chi connectivity index (χ1v) is 7.99. The van der Waals surface area contributed by atoms with Gasteiger partial charge in [0.15, 0.2) is 0 Å². The number of benzene rings is 1. The van der Waals surface area contributed by atoms with Crippen LogP contribution in [0.1, 0.15) is 30.7 Å². The molecule has 0 aliphatic carbocycles. The van der Waals surface area contributed by atoms with Crippen LogP contribution in [0.15, 0.2) is 34.7 Å². The van der Waals surface area contributed by atoms with E-state index in [4.69, 9.17) is 4.42 Å². The fraction of sp³-hybridized carbons (Fsp3) is 0.529. The van der Waals surface area contributed by atoms with E-state index in [9.17, 15) is 5.11 Å². The molecule has 1 atom stereocenters. The zero-order valence-corrected chi connectivity index (χ0v) is 13.0. The van der Waals surface area contributed by atoms with Crippen molar-refractivity contribution in [2.75, 3.05) is 18.0 Å². The van der Waals surface area contributed by atoms with Crippen LogP contribution in [0.2, 0.25) is 0 Å². The molecular weight excluding hydrogens is 278 g/mol. The summed E-state index contributed by atoms with van der Waals surface area (Å²) in [7, 11) is 0. The maximum atomic E-state index is 10.4. The van der Waals surface area contributed by atoms with Crippen LogP contribution in [0.5, 0.6) is 0 Å². The summed E-state index contributed by atoms with van der Waals surface area (Å²) in [5.74, 6) is 0.962. The Morgan fingerprint density at radius 3 is 2.59 bits per heavy atom. The average molecular weight is 301 g/mol. The maximum absolute atomic E-state index is 10.4. The van der Waals surface area contributed by atoms with Gasteiger partial charge < -0.3 is 14.4 Å². The molecule has 1 fully saturated rings. The standard InChI is InChI=1S/C17H23N3O2/c1-13-18-19-17(22-13)20-11-9-15(10-12-20)16(21)8-7-14-5-3-2-4-6-14/h2-6,15-16,21H,7-12H2,1H3/t16-/m1/s1. The van der Waals surface area contributed by atoms with E-state index >= 15 is 0 Å². The van der Waals surface area contributed by atoms with E-state index in [2.05, 4.69) is 27.2 Å². The van der Waals surface area contributed by atoms with Gasteiger partial charge in [-0.2, -0.15) is 0 Å². The van der Waals surface area contributed by atoms with E-state index in [0.717, 1.165) is 38.8 Å². The summed E-state index contributed by atoms with van der Waals surface area (Å²) in [5.41, 5.74) is 1.29. The highest BCUT2D eigenvalue weighted by Crippen LogP contribution is 2.26. The molecule has 22 heavy (non-hydrogen) atoms. The fourth-order valence-corrected chi connectivity index (χ4v) is 3.08. The van der Waals surface area contributed by atoms with Gasteiger partial charge in [-0.3, -0.25) is 0 Å². The van der Waals surface area contributed by atoms with Crippen LogP contribution in [0.25, 0.3) is 0 Å². The van der Waals surface area contributed by atoms with E-state index in [1.807, 2.05) is 18.2 Å². The van der Waals surface area contributed by atoms with Crippen molar-refractivity contribution < 1.29 is 9.52 Å². The third kappa shape index (κ3) is 3.65. The van der Waals surface area contributed by atoms with Crippen LogP contribution < -0.4 is 4.90 Å². The molecule has 0 amide bonds. The minimum Gasteiger partial charge on any atom is -0.408 e. The molecule has 1 saturated heterocycles. The van der Waals surface area contributed by atoms with Crippen molar-refractivity contribution in [3.63, 3.8) is 0 Å². The zero-order valence-electron chi connectivity index (χ0n) is 13.0. The Labute approximate surface area is 131 Å². The van der Waals surface area contributed by atoms with E-state index in [1.54, 1.807) is 6.92 Å². The summed E-state index contributed by atoms with van der Waals surface area (Å²) in [4.78, 5) is 2.11. The van der Waals surface area contributed by atoms with Crippen molar-refractivity contribution >= 4 is 6.01 Å². The number of rotatable bonds is 5. The van der Waals surface area contributed by atoms with Crippen LogP contribution in [0.3, 0.4) is 0 Å². The lowest BCUT2D eigenvalue weighted by atomic mass is 9.88. The smallest absolute Gasteiger partial charge is 0.318 e. The molecule has 0 unspecified atom stereocenters. The summed E-state index contributed by atoms with van der Waals surface area (Å²) in [6, 6.07) is 11.0. The Morgan fingerprint density at radius 2 is 1.95 bits per heavy atom. The van der Waals surface area contributed by atoms with Crippen molar-refractivity contribution in [3.8, 4) is 0 Å². The third-order valence-corrected chi connectivity index (χ3v) is 4.44. The largest absolute Gasteiger partial charge is 0.408 e. The van der Waals surface area contributed by atoms with Gasteiger partial charge in [-0.15, -0.1) is 5.10 Å². The van der Waals surface area contributed by atoms with Gasteiger partial charge in [-0.1, -0.05) is 35.4 Å². The first-order chi connectivity index (χ1) is 10.7. The summed E-state index contributed by atoms with van der Waals surface area (Å²) < 4.78 is 5.47. The first-order valence-electron chi connectivity index (χ1n) is 7.99. The summed E-state index contributed by atoms with van der Waals surface area (Å²) in [6.45, 7) is 3.54. The van der Waals surface area contributed by atoms with Crippen molar-refractivity contribution in [1.29, 1.82) is 0 Å². The molecule has 0 spiro atoms. The molecule has 1 aromatic carbocycles. The van der Waals surface area contributed by atoms with E-state index in [-0.39, 0.29) is 6.10 Å². The topological polar surface area (TPSA) is 62.4 Å². The Hall–Kier alpha value is -1.88. The lowest BCUT2D eigenvalue weighted by Gasteiger charge is -2.33. The number of aliphatic hydroxyl groups is 1. The van der Waals surface area contributed by atoms with Gasteiger partial charge in [0.2, 0.25) is 5.89 Å². The maximum Gasteiger partial charge on any atom is 0.318 e. The van der Waals surface area contributed by atoms with E-state index < -0.39 is 0 Å². The van der Waals surface area contributed by atoms with Crippen molar-refractivity contribution in [3.05, 3.63) is 41.8 Å². The van der Waals surface area contributed by atoms with Crippen LogP contribution >= 0.6 is 0 Å². The van der Waals surface area contributed by atoms with Gasteiger partial charge in [0, 0.05) is 20.0 Å². The van der Waals surface area contributed by atoms with Crippen LogP contribution in [-0.4, -0.2) is 34.5 Å². The number of aryl methyl sites for hydroxylation is 2. The SMILES string of the molecule is Cc1nnc(N2CCC([C@H](O)CCc3ccccc3)CC2)o1. The molecule has 118 valence electrons. The fourth-order valence-electron chi connectivity index (χ4n) is 3.08. The molecule has 1 aliphatic heterocycles. The Bertz CT molecular complexity index is 577. The second-order valence-electron chi connectivity index (χ2n) is 6.02. The molecule has 0 saturated carbocycles. The Morgan fingerprint density at radius 1 is 1.23 bits per heavy atom. The van der Waals surface area contributed by atoms with Crippen LogP contribution in [-0.2, 0) is 6.42 Å². The van der Waals surface area contributed by atoms with Crippen LogP contribution in [0, 0.1) is 12.8 Å². The van der Waals surface area contributed by atoms with E-state index in [0.29, 0.717) is 17.8 Å². The molecular formula is C17H23N3O2. The molecule has 5 nitrogen and oxygen atoms in total. The zero-order chi connectivity index (χ0) is 15.4. The molecule has 5 heteroatoms. The Balaban J connectivity index is 1.46. The second kappa shape index (κ2) is 6.92. The number of hydrogen-bond acceptors (Lipinski definition) is 5. The highest BCUT2D eigenvalue weighted by Gasteiger charge is 2.27. The minimum atomic E-state index is -0.230. The molecule has 2 aromatic rings. The third-order valence-electron chi connectivity index (χ3n) is 4.44. The normalized spacial score (nSPS) is 17.6. The number of aliphatic hydroxyl groups excluding tert-OH is 1. The number of hydrogen-bond donors (Lipinski definition) is 1. The number of aromatic nitrogens is 2. The number of piperidine rings is 1. The Kier molecular flexibility index (Phi) is 4.73. The van der Waals surface area contributed by atoms with Gasteiger partial charge >= 0.3 is 6.01 Å². The second-order valence-corrected chi connectivity index (χ2v) is 6.02. The van der Waals surface area contributed by atoms with Gasteiger partial charge in [-0.25, -0.2) is 0 Å². The monoisotopic (exact) mass is 301 g/mol. The lowest BCUT2D eigenvalue weighted by Crippen LogP contribution is -2.38. The molecule has 0 radical (unpaired) electrons.